The number of amides is 1. The van der Waals surface area contributed by atoms with Crippen molar-refractivity contribution in [3.05, 3.63) is 18.0 Å². The zero-order chi connectivity index (χ0) is 12.1. The van der Waals surface area contributed by atoms with Gasteiger partial charge >= 0.3 is 0 Å². The number of carbonyl (C=O) groups excluding carboxylic acids is 1. The molecule has 1 aromatic heterocycles. The van der Waals surface area contributed by atoms with Crippen molar-refractivity contribution in [3.8, 4) is 0 Å². The van der Waals surface area contributed by atoms with E-state index in [2.05, 4.69) is 22.4 Å². The Morgan fingerprint density at radius 1 is 1.71 bits per heavy atom. The van der Waals surface area contributed by atoms with Gasteiger partial charge in [-0.2, -0.15) is 5.10 Å². The Labute approximate surface area is 102 Å². The molecule has 0 aromatic carbocycles. The molecule has 0 spiro atoms. The van der Waals surface area contributed by atoms with Gasteiger partial charge in [-0.1, -0.05) is 6.92 Å². The Bertz CT molecular complexity index is 349. The van der Waals surface area contributed by atoms with Crippen LogP contribution in [0.1, 0.15) is 36.5 Å². The number of rotatable bonds is 4. The number of nitrogens with one attached hydrogen (secondary N) is 2. The summed E-state index contributed by atoms with van der Waals surface area (Å²) in [7, 11) is 0. The smallest absolute Gasteiger partial charge is 0.257 e. The first-order valence-corrected chi connectivity index (χ1v) is 6.32. The van der Waals surface area contributed by atoms with E-state index in [1.54, 1.807) is 12.4 Å². The van der Waals surface area contributed by atoms with Crippen molar-refractivity contribution in [3.63, 3.8) is 0 Å². The molecule has 94 valence electrons. The fourth-order valence-corrected chi connectivity index (χ4v) is 2.23. The molecule has 0 bridgehead atoms. The Hall–Kier alpha value is -1.36. The second-order valence-electron chi connectivity index (χ2n) is 4.53. The molecule has 1 aliphatic rings. The van der Waals surface area contributed by atoms with Crippen LogP contribution in [0, 0.1) is 0 Å². The van der Waals surface area contributed by atoms with Crippen molar-refractivity contribution in [2.24, 2.45) is 0 Å². The number of hydrogen-bond acceptors (Lipinski definition) is 3. The number of likely N-dealkylation sites (tertiary alicyclic amines) is 1. The Morgan fingerprint density at radius 2 is 2.59 bits per heavy atom. The largest absolute Gasteiger partial charge is 0.337 e. The summed E-state index contributed by atoms with van der Waals surface area (Å²) in [5.74, 6) is 0.0850. The van der Waals surface area contributed by atoms with Crippen molar-refractivity contribution >= 4 is 5.91 Å². The van der Waals surface area contributed by atoms with E-state index in [9.17, 15) is 4.79 Å². The monoisotopic (exact) mass is 236 g/mol. The zero-order valence-electron chi connectivity index (χ0n) is 10.3. The van der Waals surface area contributed by atoms with Gasteiger partial charge in [-0.15, -0.1) is 0 Å². The van der Waals surface area contributed by atoms with Crippen LogP contribution in [0.25, 0.3) is 0 Å². The van der Waals surface area contributed by atoms with E-state index in [0.717, 1.165) is 38.9 Å². The Kier molecular flexibility index (Phi) is 4.14. The van der Waals surface area contributed by atoms with Crippen LogP contribution in [0.5, 0.6) is 0 Å². The lowest BCUT2D eigenvalue weighted by atomic mass is 10.0. The van der Waals surface area contributed by atoms with E-state index in [0.29, 0.717) is 11.6 Å². The Balaban J connectivity index is 1.90. The molecule has 1 atom stereocenters. The molecule has 5 nitrogen and oxygen atoms in total. The van der Waals surface area contributed by atoms with Gasteiger partial charge in [0.05, 0.1) is 11.8 Å². The van der Waals surface area contributed by atoms with Gasteiger partial charge in [0.15, 0.2) is 0 Å². The summed E-state index contributed by atoms with van der Waals surface area (Å²) in [6.07, 6.45) is 6.61. The molecule has 5 heteroatoms. The quantitative estimate of drug-likeness (QED) is 0.820. The number of H-pyrrole nitrogens is 1. The van der Waals surface area contributed by atoms with Crippen molar-refractivity contribution in [2.45, 2.75) is 32.2 Å². The fraction of sp³-hybridized carbons (Fsp3) is 0.667. The van der Waals surface area contributed by atoms with Crippen molar-refractivity contribution < 1.29 is 4.79 Å². The molecular weight excluding hydrogens is 216 g/mol. The molecule has 1 fully saturated rings. The summed E-state index contributed by atoms with van der Waals surface area (Å²) in [6, 6.07) is 0.444. The minimum absolute atomic E-state index is 0.0850. The van der Waals surface area contributed by atoms with Crippen molar-refractivity contribution in [1.29, 1.82) is 0 Å². The molecule has 2 rings (SSSR count). The molecule has 2 heterocycles. The SMILES string of the molecule is CCCNC1CCCN(C(=O)c2cn[nH]c2)C1. The van der Waals surface area contributed by atoms with Gasteiger partial charge in [0.2, 0.25) is 0 Å². The average Bonchev–Trinajstić information content (AvgIpc) is 2.89. The Morgan fingerprint density at radius 3 is 3.29 bits per heavy atom. The van der Waals surface area contributed by atoms with E-state index in [1.807, 2.05) is 4.90 Å². The van der Waals surface area contributed by atoms with Gasteiger partial charge in [0, 0.05) is 25.3 Å². The number of aromatic nitrogens is 2. The summed E-state index contributed by atoms with van der Waals surface area (Å²) in [6.45, 7) is 4.85. The number of aromatic amines is 1. The number of hydrogen-bond donors (Lipinski definition) is 2. The molecule has 1 aliphatic heterocycles. The van der Waals surface area contributed by atoms with E-state index >= 15 is 0 Å². The van der Waals surface area contributed by atoms with Gasteiger partial charge in [0.25, 0.3) is 5.91 Å². The first-order chi connectivity index (χ1) is 8.31. The fourth-order valence-electron chi connectivity index (χ4n) is 2.23. The minimum Gasteiger partial charge on any atom is -0.337 e. The highest BCUT2D eigenvalue weighted by Crippen LogP contribution is 2.13. The average molecular weight is 236 g/mol. The highest BCUT2D eigenvalue weighted by atomic mass is 16.2. The minimum atomic E-state index is 0.0850. The van der Waals surface area contributed by atoms with Gasteiger partial charge < -0.3 is 10.2 Å². The molecule has 1 amide bonds. The molecular formula is C12H20N4O. The van der Waals surface area contributed by atoms with Crippen LogP contribution in [0.3, 0.4) is 0 Å². The lowest BCUT2D eigenvalue weighted by molar-refractivity contribution is 0.0695. The maximum atomic E-state index is 12.1. The maximum Gasteiger partial charge on any atom is 0.257 e. The van der Waals surface area contributed by atoms with Gasteiger partial charge in [0.1, 0.15) is 0 Å². The summed E-state index contributed by atoms with van der Waals surface area (Å²) < 4.78 is 0. The van der Waals surface area contributed by atoms with Gasteiger partial charge in [-0.05, 0) is 25.8 Å². The number of carbonyl (C=O) groups is 1. The lowest BCUT2D eigenvalue weighted by Gasteiger charge is -2.33. The molecule has 1 saturated heterocycles. The topological polar surface area (TPSA) is 61.0 Å². The van der Waals surface area contributed by atoms with Crippen LogP contribution in [0.4, 0.5) is 0 Å². The highest BCUT2D eigenvalue weighted by Gasteiger charge is 2.24. The molecule has 0 radical (unpaired) electrons. The second-order valence-corrected chi connectivity index (χ2v) is 4.53. The van der Waals surface area contributed by atoms with Crippen LogP contribution in [0.2, 0.25) is 0 Å². The molecule has 0 aliphatic carbocycles. The molecule has 1 aromatic rings. The lowest BCUT2D eigenvalue weighted by Crippen LogP contribution is -2.48. The summed E-state index contributed by atoms with van der Waals surface area (Å²) in [5.41, 5.74) is 0.654. The molecule has 17 heavy (non-hydrogen) atoms. The first kappa shape index (κ1) is 12.1. The van der Waals surface area contributed by atoms with Crippen molar-refractivity contribution in [2.75, 3.05) is 19.6 Å². The maximum absolute atomic E-state index is 12.1. The third kappa shape index (κ3) is 3.06. The van der Waals surface area contributed by atoms with Gasteiger partial charge in [-0.3, -0.25) is 9.89 Å². The van der Waals surface area contributed by atoms with E-state index in [-0.39, 0.29) is 5.91 Å². The summed E-state index contributed by atoms with van der Waals surface area (Å²) in [5, 5.41) is 9.98. The predicted octanol–water partition coefficient (Wildman–Crippen LogP) is 1.01. The van der Waals surface area contributed by atoms with Crippen LogP contribution in [-0.4, -0.2) is 46.7 Å². The van der Waals surface area contributed by atoms with E-state index < -0.39 is 0 Å². The van der Waals surface area contributed by atoms with Crippen molar-refractivity contribution in [1.82, 2.24) is 20.4 Å². The van der Waals surface area contributed by atoms with Crippen LogP contribution >= 0.6 is 0 Å². The second kappa shape index (κ2) is 5.82. The molecule has 1 unspecified atom stereocenters. The third-order valence-corrected chi connectivity index (χ3v) is 3.14. The zero-order valence-corrected chi connectivity index (χ0v) is 10.3. The number of piperidine rings is 1. The van der Waals surface area contributed by atoms with Crippen LogP contribution < -0.4 is 5.32 Å². The first-order valence-electron chi connectivity index (χ1n) is 6.32. The summed E-state index contributed by atoms with van der Waals surface area (Å²) in [4.78, 5) is 14.0. The standard InChI is InChI=1S/C12H20N4O/c1-2-5-13-11-4-3-6-16(9-11)12(17)10-7-14-15-8-10/h7-8,11,13H,2-6,9H2,1H3,(H,14,15). The number of nitrogens with zero attached hydrogens (tertiary/aromatic N) is 2. The van der Waals surface area contributed by atoms with E-state index in [1.165, 1.54) is 0 Å². The van der Waals surface area contributed by atoms with Crippen LogP contribution in [0.15, 0.2) is 12.4 Å². The van der Waals surface area contributed by atoms with Gasteiger partial charge in [-0.25, -0.2) is 0 Å². The summed E-state index contributed by atoms with van der Waals surface area (Å²) >= 11 is 0. The van der Waals surface area contributed by atoms with Crippen LogP contribution in [-0.2, 0) is 0 Å². The molecule has 0 saturated carbocycles. The highest BCUT2D eigenvalue weighted by molar-refractivity contribution is 5.93. The normalized spacial score (nSPS) is 20.5. The van der Waals surface area contributed by atoms with E-state index in [4.69, 9.17) is 0 Å². The predicted molar refractivity (Wildman–Crippen MR) is 65.8 cm³/mol. The third-order valence-electron chi connectivity index (χ3n) is 3.14. The molecule has 2 N–H and O–H groups in total.